The number of hydrogen-bond donors (Lipinski definition) is 1. The maximum absolute atomic E-state index is 12.5. The molecule has 0 unspecified atom stereocenters. The van der Waals surface area contributed by atoms with Crippen molar-refractivity contribution in [3.8, 4) is 11.8 Å². The Morgan fingerprint density at radius 1 is 1.03 bits per heavy atom. The van der Waals surface area contributed by atoms with E-state index in [0.29, 0.717) is 29.2 Å². The van der Waals surface area contributed by atoms with Crippen molar-refractivity contribution in [2.24, 2.45) is 0 Å². The first-order valence-corrected chi connectivity index (χ1v) is 10.5. The van der Waals surface area contributed by atoms with E-state index in [1.165, 1.54) is 11.6 Å². The lowest BCUT2D eigenvalue weighted by Gasteiger charge is -2.08. The fourth-order valence-electron chi connectivity index (χ4n) is 3.05. The highest BCUT2D eigenvalue weighted by molar-refractivity contribution is 6.09. The normalized spacial score (nSPS) is 10.8. The highest BCUT2D eigenvalue weighted by atomic mass is 16.5. The Hall–Kier alpha value is -4.37. The molecule has 6 heteroatoms. The van der Waals surface area contributed by atoms with E-state index in [-0.39, 0.29) is 12.2 Å². The summed E-state index contributed by atoms with van der Waals surface area (Å²) in [5.41, 5.74) is 3.76. The summed E-state index contributed by atoms with van der Waals surface area (Å²) < 4.78 is 10.7. The van der Waals surface area contributed by atoms with Crippen molar-refractivity contribution < 1.29 is 19.1 Å². The van der Waals surface area contributed by atoms with Crippen molar-refractivity contribution in [1.82, 2.24) is 0 Å². The molecule has 0 aromatic heterocycles. The Labute approximate surface area is 193 Å². The molecule has 0 saturated heterocycles. The fraction of sp³-hybridized carbons (Fsp3) is 0.148. The van der Waals surface area contributed by atoms with Crippen LogP contribution in [0, 0.1) is 18.3 Å². The van der Waals surface area contributed by atoms with E-state index in [4.69, 9.17) is 9.47 Å². The lowest BCUT2D eigenvalue weighted by molar-refractivity contribution is -0.112. The van der Waals surface area contributed by atoms with Crippen molar-refractivity contribution in [2.45, 2.75) is 20.5 Å². The van der Waals surface area contributed by atoms with Crippen molar-refractivity contribution in [3.05, 3.63) is 101 Å². The number of esters is 1. The molecule has 0 bridgehead atoms. The summed E-state index contributed by atoms with van der Waals surface area (Å²) in [7, 11) is 0. The molecule has 3 aromatic carbocycles. The number of rotatable bonds is 8. The van der Waals surface area contributed by atoms with Gasteiger partial charge in [-0.25, -0.2) is 4.79 Å². The van der Waals surface area contributed by atoms with Gasteiger partial charge in [-0.1, -0.05) is 42.0 Å². The van der Waals surface area contributed by atoms with Crippen LogP contribution in [-0.2, 0) is 16.1 Å². The van der Waals surface area contributed by atoms with Gasteiger partial charge < -0.3 is 14.8 Å². The number of aryl methyl sites for hydroxylation is 1. The molecule has 1 amide bonds. The molecule has 33 heavy (non-hydrogen) atoms. The lowest BCUT2D eigenvalue weighted by Crippen LogP contribution is -2.13. The summed E-state index contributed by atoms with van der Waals surface area (Å²) in [5, 5.41) is 12.1. The SMILES string of the molecule is CCOC(=O)c1ccc(NC(=O)/C(C#N)=C/c2ccc(OCc3cccc(C)c3)cc2)cc1. The van der Waals surface area contributed by atoms with E-state index in [9.17, 15) is 14.9 Å². The third-order valence-corrected chi connectivity index (χ3v) is 4.70. The van der Waals surface area contributed by atoms with Crippen molar-refractivity contribution in [1.29, 1.82) is 5.26 Å². The fourth-order valence-corrected chi connectivity index (χ4v) is 3.05. The van der Waals surface area contributed by atoms with E-state index in [1.54, 1.807) is 55.5 Å². The largest absolute Gasteiger partial charge is 0.489 e. The third-order valence-electron chi connectivity index (χ3n) is 4.70. The standard InChI is InChI=1S/C27H24N2O4/c1-3-32-27(31)22-9-11-24(12-10-22)29-26(30)23(17-28)16-20-7-13-25(14-8-20)33-18-21-6-4-5-19(2)15-21/h4-16H,3,18H2,1-2H3,(H,29,30)/b23-16+. The van der Waals surface area contributed by atoms with Crippen molar-refractivity contribution in [3.63, 3.8) is 0 Å². The quantitative estimate of drug-likeness (QED) is 0.292. The van der Waals surface area contributed by atoms with Crippen LogP contribution in [0.25, 0.3) is 6.08 Å². The van der Waals surface area contributed by atoms with Gasteiger partial charge in [0, 0.05) is 5.69 Å². The molecule has 166 valence electrons. The molecule has 0 atom stereocenters. The third kappa shape index (κ3) is 6.81. The Bertz CT molecular complexity index is 1190. The molecule has 3 aromatic rings. The number of carbonyl (C=O) groups excluding carboxylic acids is 2. The van der Waals surface area contributed by atoms with Crippen LogP contribution in [0.2, 0.25) is 0 Å². The van der Waals surface area contributed by atoms with E-state index < -0.39 is 11.9 Å². The lowest BCUT2D eigenvalue weighted by atomic mass is 10.1. The van der Waals surface area contributed by atoms with Crippen LogP contribution >= 0.6 is 0 Å². The summed E-state index contributed by atoms with van der Waals surface area (Å²) in [6, 6.07) is 23.5. The summed E-state index contributed by atoms with van der Waals surface area (Å²) in [4.78, 5) is 24.2. The number of amides is 1. The predicted molar refractivity (Wildman–Crippen MR) is 127 cm³/mol. The minimum absolute atomic E-state index is 0.0436. The van der Waals surface area contributed by atoms with Crippen molar-refractivity contribution in [2.75, 3.05) is 11.9 Å². The number of anilines is 1. The van der Waals surface area contributed by atoms with E-state index in [1.807, 2.05) is 31.2 Å². The summed E-state index contributed by atoms with van der Waals surface area (Å²) in [6.45, 7) is 4.51. The van der Waals surface area contributed by atoms with Gasteiger partial charge in [0.05, 0.1) is 12.2 Å². The topological polar surface area (TPSA) is 88.4 Å². The van der Waals surface area contributed by atoms with Gasteiger partial charge in [-0.2, -0.15) is 5.26 Å². The second-order valence-corrected chi connectivity index (χ2v) is 7.27. The highest BCUT2D eigenvalue weighted by Gasteiger charge is 2.11. The number of nitriles is 1. The number of ether oxygens (including phenoxy) is 2. The molecule has 3 rings (SSSR count). The first kappa shape index (κ1) is 23.3. The zero-order valence-corrected chi connectivity index (χ0v) is 18.5. The van der Waals surface area contributed by atoms with Gasteiger partial charge in [-0.05, 0) is 67.4 Å². The van der Waals surface area contributed by atoms with Gasteiger partial charge in [0.1, 0.15) is 24.0 Å². The van der Waals surface area contributed by atoms with Crippen LogP contribution in [-0.4, -0.2) is 18.5 Å². The Morgan fingerprint density at radius 2 is 1.76 bits per heavy atom. The van der Waals surface area contributed by atoms with Crippen LogP contribution in [0.5, 0.6) is 5.75 Å². The Morgan fingerprint density at radius 3 is 2.39 bits per heavy atom. The number of benzene rings is 3. The van der Waals surface area contributed by atoms with Crippen LogP contribution in [0.4, 0.5) is 5.69 Å². The predicted octanol–water partition coefficient (Wildman–Crippen LogP) is 5.30. The molecule has 0 aliphatic rings. The summed E-state index contributed by atoms with van der Waals surface area (Å²) in [5.74, 6) is -0.279. The van der Waals surface area contributed by atoms with Crippen LogP contribution in [0.1, 0.15) is 34.0 Å². The van der Waals surface area contributed by atoms with Gasteiger partial charge in [-0.15, -0.1) is 0 Å². The van der Waals surface area contributed by atoms with Crippen LogP contribution < -0.4 is 10.1 Å². The number of hydrogen-bond acceptors (Lipinski definition) is 5. The molecule has 0 heterocycles. The maximum atomic E-state index is 12.5. The Kier molecular flexibility index (Phi) is 7.98. The van der Waals surface area contributed by atoms with E-state index in [0.717, 1.165) is 5.56 Å². The highest BCUT2D eigenvalue weighted by Crippen LogP contribution is 2.18. The van der Waals surface area contributed by atoms with E-state index in [2.05, 4.69) is 11.4 Å². The molecule has 0 aliphatic carbocycles. The van der Waals surface area contributed by atoms with E-state index >= 15 is 0 Å². The average molecular weight is 440 g/mol. The van der Waals surface area contributed by atoms with Gasteiger partial charge in [0.25, 0.3) is 5.91 Å². The molecular formula is C27H24N2O4. The summed E-state index contributed by atoms with van der Waals surface area (Å²) in [6.07, 6.45) is 1.51. The van der Waals surface area contributed by atoms with Gasteiger partial charge in [0.15, 0.2) is 0 Å². The monoisotopic (exact) mass is 440 g/mol. The molecular weight excluding hydrogens is 416 g/mol. The summed E-state index contributed by atoms with van der Waals surface area (Å²) >= 11 is 0. The maximum Gasteiger partial charge on any atom is 0.338 e. The first-order chi connectivity index (χ1) is 16.0. The smallest absolute Gasteiger partial charge is 0.338 e. The molecule has 0 fully saturated rings. The molecule has 0 radical (unpaired) electrons. The van der Waals surface area contributed by atoms with Crippen LogP contribution in [0.3, 0.4) is 0 Å². The zero-order chi connectivity index (χ0) is 23.6. The van der Waals surface area contributed by atoms with Gasteiger partial charge in [-0.3, -0.25) is 4.79 Å². The molecule has 1 N–H and O–H groups in total. The zero-order valence-electron chi connectivity index (χ0n) is 18.5. The molecule has 0 spiro atoms. The average Bonchev–Trinajstić information content (AvgIpc) is 2.82. The second kappa shape index (κ2) is 11.3. The van der Waals surface area contributed by atoms with Crippen molar-refractivity contribution >= 4 is 23.6 Å². The molecule has 0 aliphatic heterocycles. The number of nitrogens with one attached hydrogen (secondary N) is 1. The minimum Gasteiger partial charge on any atom is -0.489 e. The molecule has 6 nitrogen and oxygen atoms in total. The first-order valence-electron chi connectivity index (χ1n) is 10.5. The van der Waals surface area contributed by atoms with Gasteiger partial charge >= 0.3 is 5.97 Å². The van der Waals surface area contributed by atoms with Crippen LogP contribution in [0.15, 0.2) is 78.4 Å². The Balaban J connectivity index is 1.61. The minimum atomic E-state index is -0.541. The second-order valence-electron chi connectivity index (χ2n) is 7.27. The molecule has 0 saturated carbocycles. The number of nitrogens with zero attached hydrogens (tertiary/aromatic N) is 1. The number of carbonyl (C=O) groups is 2. The van der Waals surface area contributed by atoms with Gasteiger partial charge in [0.2, 0.25) is 0 Å².